The van der Waals surface area contributed by atoms with E-state index in [1.165, 1.54) is 12.4 Å². The number of nitrogens with one attached hydrogen (secondary N) is 1. The number of halogens is 6. The molecule has 3 aromatic rings. The molecule has 1 atom stereocenters. The van der Waals surface area contributed by atoms with Gasteiger partial charge in [-0.05, 0) is 13.3 Å². The van der Waals surface area contributed by atoms with Gasteiger partial charge in [0, 0.05) is 44.2 Å². The van der Waals surface area contributed by atoms with Gasteiger partial charge in [-0.15, -0.1) is 0 Å². The molecule has 3 heterocycles. The van der Waals surface area contributed by atoms with Crippen molar-refractivity contribution in [3.63, 3.8) is 0 Å². The summed E-state index contributed by atoms with van der Waals surface area (Å²) in [4.78, 5) is 10.1. The molecule has 1 aliphatic rings. The van der Waals surface area contributed by atoms with E-state index in [1.54, 1.807) is 0 Å². The number of morpholine rings is 1. The molecule has 13 heteroatoms. The lowest BCUT2D eigenvalue weighted by Crippen LogP contribution is -2.37. The van der Waals surface area contributed by atoms with Crippen LogP contribution >= 0.6 is 11.6 Å². The summed E-state index contributed by atoms with van der Waals surface area (Å²) >= 11 is 6.19. The quantitative estimate of drug-likeness (QED) is 0.262. The Morgan fingerprint density at radius 1 is 1.17 bits per heavy atom. The van der Waals surface area contributed by atoms with Crippen molar-refractivity contribution < 1.29 is 31.4 Å². The highest BCUT2D eigenvalue weighted by Gasteiger charge is 2.37. The van der Waals surface area contributed by atoms with E-state index >= 15 is 8.78 Å². The molecule has 0 bridgehead atoms. The summed E-state index contributed by atoms with van der Waals surface area (Å²) in [6.07, 6.45) is -1.39. The van der Waals surface area contributed by atoms with Crippen molar-refractivity contribution >= 4 is 23.2 Å². The molecule has 0 radical (unpaired) electrons. The first-order chi connectivity index (χ1) is 16.6. The molecule has 1 aromatic carbocycles. The fraction of sp³-hybridized carbons (Fsp3) is 0.455. The first-order valence-corrected chi connectivity index (χ1v) is 11.3. The van der Waals surface area contributed by atoms with Crippen molar-refractivity contribution in [1.82, 2.24) is 19.3 Å². The van der Waals surface area contributed by atoms with Crippen molar-refractivity contribution in [3.05, 3.63) is 41.3 Å². The molecule has 1 fully saturated rings. The lowest BCUT2D eigenvalue weighted by Gasteiger charge is -2.26. The highest BCUT2D eigenvalue weighted by molar-refractivity contribution is 6.33. The third-order valence-electron chi connectivity index (χ3n) is 5.60. The average Bonchev–Trinajstić information content (AvgIpc) is 3.26. The normalized spacial score (nSPS) is 16.0. The molecule has 0 saturated carbocycles. The van der Waals surface area contributed by atoms with E-state index in [9.17, 15) is 13.2 Å². The van der Waals surface area contributed by atoms with Crippen molar-refractivity contribution in [1.29, 1.82) is 0 Å². The second-order valence-corrected chi connectivity index (χ2v) is 8.41. The highest BCUT2D eigenvalue weighted by Crippen LogP contribution is 2.40. The van der Waals surface area contributed by atoms with Gasteiger partial charge in [0.1, 0.15) is 34.4 Å². The van der Waals surface area contributed by atoms with Gasteiger partial charge in [0.15, 0.2) is 0 Å². The summed E-state index contributed by atoms with van der Waals surface area (Å²) in [6, 6.07) is -0.109. The van der Waals surface area contributed by atoms with Crippen LogP contribution in [0, 0.1) is 11.6 Å². The Morgan fingerprint density at radius 3 is 2.51 bits per heavy atom. The molecule has 0 unspecified atom stereocenters. The third kappa shape index (κ3) is 5.76. The van der Waals surface area contributed by atoms with Crippen LogP contribution < -0.4 is 10.1 Å². The van der Waals surface area contributed by atoms with Gasteiger partial charge in [-0.2, -0.15) is 18.2 Å². The zero-order chi connectivity index (χ0) is 25.2. The minimum absolute atomic E-state index is 0.0309. The number of rotatable bonds is 8. The predicted molar refractivity (Wildman–Crippen MR) is 120 cm³/mol. The Hall–Kier alpha value is -2.70. The third-order valence-corrected chi connectivity index (χ3v) is 5.88. The molecular weight excluding hydrogens is 497 g/mol. The van der Waals surface area contributed by atoms with Gasteiger partial charge < -0.3 is 14.8 Å². The minimum atomic E-state index is -4.63. The zero-order valence-corrected chi connectivity index (χ0v) is 19.5. The number of ether oxygens (including phenoxy) is 2. The predicted octanol–water partition coefficient (Wildman–Crippen LogP) is 4.79. The van der Waals surface area contributed by atoms with E-state index in [1.807, 2.05) is 0 Å². The maximum absolute atomic E-state index is 15.2. The van der Waals surface area contributed by atoms with Crippen LogP contribution in [0.4, 0.5) is 27.8 Å². The molecule has 0 aliphatic carbocycles. The van der Waals surface area contributed by atoms with Crippen LogP contribution in [0.2, 0.25) is 5.15 Å². The van der Waals surface area contributed by atoms with Gasteiger partial charge in [0.2, 0.25) is 5.78 Å². The van der Waals surface area contributed by atoms with E-state index in [-0.39, 0.29) is 29.5 Å². The van der Waals surface area contributed by atoms with Crippen LogP contribution in [0.1, 0.15) is 13.3 Å². The Bertz CT molecular complexity index is 1160. The summed E-state index contributed by atoms with van der Waals surface area (Å²) in [5, 5.41) is 1.85. The van der Waals surface area contributed by atoms with E-state index in [0.29, 0.717) is 19.6 Å². The van der Waals surface area contributed by atoms with Crippen molar-refractivity contribution in [2.24, 2.45) is 0 Å². The van der Waals surface area contributed by atoms with Gasteiger partial charge in [-0.25, -0.2) is 13.8 Å². The lowest BCUT2D eigenvalue weighted by molar-refractivity contribution is -0.138. The van der Waals surface area contributed by atoms with Gasteiger partial charge in [-0.3, -0.25) is 9.30 Å². The number of fused-ring (bicyclic) bond motifs is 1. The standard InChI is InChI=1S/C22H23ClF5N5O2/c1-13(22(26,27)28)30-20-18(19(23)31-21-29-3-5-33(20)21)17-15(24)11-14(12-16(17)25)35-8-2-4-32-6-9-34-10-7-32/h3,5,11-13,30H,2,4,6-10H2,1H3/t13-/m1/s1. The Labute approximate surface area is 202 Å². The fourth-order valence-electron chi connectivity index (χ4n) is 3.74. The van der Waals surface area contributed by atoms with Crippen molar-refractivity contribution in [2.45, 2.75) is 25.6 Å². The number of benzene rings is 1. The maximum Gasteiger partial charge on any atom is 0.408 e. The Balaban J connectivity index is 1.60. The molecular formula is C22H23ClF5N5O2. The van der Waals surface area contributed by atoms with Gasteiger partial charge in [0.25, 0.3) is 0 Å². The van der Waals surface area contributed by atoms with E-state index in [2.05, 4.69) is 20.2 Å². The SMILES string of the molecule is C[C@@H](Nc1c(-c2c(F)cc(OCCCN3CCOCC3)cc2F)c(Cl)nc2nccn12)C(F)(F)F. The van der Waals surface area contributed by atoms with Gasteiger partial charge in [0.05, 0.1) is 30.9 Å². The molecule has 1 saturated heterocycles. The number of anilines is 1. The number of hydrogen-bond donors (Lipinski definition) is 1. The van der Waals surface area contributed by atoms with Gasteiger partial charge in [-0.1, -0.05) is 11.6 Å². The summed E-state index contributed by atoms with van der Waals surface area (Å²) in [5.41, 5.74) is -0.988. The largest absolute Gasteiger partial charge is 0.493 e. The molecule has 7 nitrogen and oxygen atoms in total. The average molecular weight is 520 g/mol. The van der Waals surface area contributed by atoms with Crippen LogP contribution in [0.15, 0.2) is 24.5 Å². The van der Waals surface area contributed by atoms with Crippen LogP contribution in [0.3, 0.4) is 0 Å². The summed E-state index contributed by atoms with van der Waals surface area (Å²) in [6.45, 7) is 4.83. The number of alkyl halides is 3. The molecule has 1 aliphatic heterocycles. The Kier molecular flexibility index (Phi) is 7.62. The van der Waals surface area contributed by atoms with Crippen LogP contribution in [0.25, 0.3) is 16.9 Å². The topological polar surface area (TPSA) is 63.9 Å². The molecule has 0 spiro atoms. The molecule has 2 aromatic heterocycles. The first kappa shape index (κ1) is 25.4. The molecule has 1 N–H and O–H groups in total. The summed E-state index contributed by atoms with van der Waals surface area (Å²) < 4.78 is 82.0. The second kappa shape index (κ2) is 10.5. The molecule has 190 valence electrons. The van der Waals surface area contributed by atoms with Crippen LogP contribution in [-0.2, 0) is 4.74 Å². The maximum atomic E-state index is 15.2. The fourth-order valence-corrected chi connectivity index (χ4v) is 4.00. The number of nitrogens with zero attached hydrogens (tertiary/aromatic N) is 4. The molecule has 0 amide bonds. The van der Waals surface area contributed by atoms with Crippen molar-refractivity contribution in [2.75, 3.05) is 44.8 Å². The van der Waals surface area contributed by atoms with E-state index in [0.717, 1.165) is 43.1 Å². The van der Waals surface area contributed by atoms with Crippen LogP contribution in [0.5, 0.6) is 5.75 Å². The lowest BCUT2D eigenvalue weighted by atomic mass is 10.1. The van der Waals surface area contributed by atoms with E-state index in [4.69, 9.17) is 21.1 Å². The first-order valence-electron chi connectivity index (χ1n) is 10.9. The highest BCUT2D eigenvalue weighted by atomic mass is 35.5. The number of hydrogen-bond acceptors (Lipinski definition) is 6. The summed E-state index contributed by atoms with van der Waals surface area (Å²) in [7, 11) is 0. The Morgan fingerprint density at radius 2 is 1.86 bits per heavy atom. The van der Waals surface area contributed by atoms with Gasteiger partial charge >= 0.3 is 6.18 Å². The second-order valence-electron chi connectivity index (χ2n) is 8.05. The summed E-state index contributed by atoms with van der Waals surface area (Å²) in [5.74, 6) is -2.48. The van der Waals surface area contributed by atoms with E-state index < -0.39 is 34.6 Å². The smallest absolute Gasteiger partial charge is 0.408 e. The van der Waals surface area contributed by atoms with Crippen LogP contribution in [-0.4, -0.2) is 70.9 Å². The monoisotopic (exact) mass is 519 g/mol. The minimum Gasteiger partial charge on any atom is -0.493 e. The molecule has 4 rings (SSSR count). The van der Waals surface area contributed by atoms with Crippen molar-refractivity contribution in [3.8, 4) is 16.9 Å². The number of aromatic nitrogens is 3. The zero-order valence-electron chi connectivity index (χ0n) is 18.7. The molecule has 35 heavy (non-hydrogen) atoms. The number of imidazole rings is 1.